The minimum atomic E-state index is -0.674. The van der Waals surface area contributed by atoms with Crippen molar-refractivity contribution in [2.24, 2.45) is 11.1 Å². The Balaban J connectivity index is 1.33. The minimum Gasteiger partial charge on any atom is -0.327 e. The van der Waals surface area contributed by atoms with Gasteiger partial charge in [0.1, 0.15) is 12.4 Å². The molecule has 2 aromatic heterocycles. The van der Waals surface area contributed by atoms with Crippen LogP contribution in [-0.2, 0) is 45.7 Å². The molecule has 5 rings (SSSR count). The number of amides is 3. The molecule has 4 N–H and O–H groups in total. The largest absolute Gasteiger partial charge is 0.327 e. The molecule has 0 saturated carbocycles. The highest BCUT2D eigenvalue weighted by Gasteiger charge is 2.51. The smallest absolute Gasteiger partial charge is 0.244 e. The fraction of sp³-hybridized carbons (Fsp3) is 0.345. The number of hydrogen-bond acceptors (Lipinski definition) is 6. The Morgan fingerprint density at radius 3 is 2.58 bits per heavy atom. The number of rotatable bonds is 6. The Hall–Kier alpha value is -4.11. The van der Waals surface area contributed by atoms with Crippen molar-refractivity contribution in [3.05, 3.63) is 82.8 Å². The van der Waals surface area contributed by atoms with Gasteiger partial charge in [0.2, 0.25) is 17.7 Å². The molecule has 1 aliphatic carbocycles. The van der Waals surface area contributed by atoms with E-state index < -0.39 is 10.8 Å². The van der Waals surface area contributed by atoms with E-state index in [0.717, 1.165) is 22.3 Å². The van der Waals surface area contributed by atoms with Crippen LogP contribution < -0.4 is 16.4 Å². The highest BCUT2D eigenvalue weighted by atomic mass is 16.2. The number of benzene rings is 1. The predicted octanol–water partition coefficient (Wildman–Crippen LogP) is 2.94. The first-order chi connectivity index (χ1) is 18.1. The first kappa shape index (κ1) is 25.5. The number of hydrogen-bond donors (Lipinski definition) is 3. The number of nitrogens with zero attached hydrogens (tertiary/aromatic N) is 3. The maximum absolute atomic E-state index is 13.2. The second kappa shape index (κ2) is 9.64. The number of carbonyl (C=O) groups excluding carboxylic acids is 3. The molecular weight excluding hydrogens is 480 g/mol. The van der Waals surface area contributed by atoms with Crippen LogP contribution in [0.1, 0.15) is 48.7 Å². The summed E-state index contributed by atoms with van der Waals surface area (Å²) in [5.41, 5.74) is 9.65. The van der Waals surface area contributed by atoms with E-state index in [0.29, 0.717) is 36.6 Å². The lowest BCUT2D eigenvalue weighted by Gasteiger charge is -2.29. The van der Waals surface area contributed by atoms with Crippen LogP contribution in [0.2, 0.25) is 0 Å². The zero-order valence-electron chi connectivity index (χ0n) is 21.9. The number of fused-ring (bicyclic) bond motifs is 3. The fourth-order valence-electron chi connectivity index (χ4n) is 5.37. The van der Waals surface area contributed by atoms with E-state index >= 15 is 0 Å². The van der Waals surface area contributed by atoms with E-state index in [1.165, 1.54) is 4.90 Å². The summed E-state index contributed by atoms with van der Waals surface area (Å²) < 4.78 is 0. The first-order valence-corrected chi connectivity index (χ1v) is 12.7. The second-order valence-electron chi connectivity index (χ2n) is 11.0. The van der Waals surface area contributed by atoms with E-state index in [1.807, 2.05) is 57.2 Å². The molecule has 0 saturated heterocycles. The third-order valence-corrected chi connectivity index (χ3v) is 7.27. The summed E-state index contributed by atoms with van der Waals surface area (Å²) in [5, 5.41) is 5.86. The van der Waals surface area contributed by atoms with Gasteiger partial charge < -0.3 is 21.3 Å². The summed E-state index contributed by atoms with van der Waals surface area (Å²) in [5.74, 6) is 0.106. The highest BCUT2D eigenvalue weighted by molar-refractivity contribution is 6.06. The van der Waals surface area contributed by atoms with Crippen molar-refractivity contribution < 1.29 is 14.4 Å². The van der Waals surface area contributed by atoms with Gasteiger partial charge in [0, 0.05) is 35.6 Å². The number of pyridine rings is 2. The lowest BCUT2D eigenvalue weighted by Crippen LogP contribution is -2.43. The number of nitrogens with one attached hydrogen (secondary N) is 2. The van der Waals surface area contributed by atoms with Crippen molar-refractivity contribution in [3.8, 4) is 0 Å². The van der Waals surface area contributed by atoms with Gasteiger partial charge in [0.05, 0.1) is 17.7 Å². The van der Waals surface area contributed by atoms with Crippen LogP contribution >= 0.6 is 0 Å². The SMILES string of the molecule is CC(C)(C)C(=O)N(CC(=O)Nc1ccc2c(c1)CC1(C2)C(=O)Nc2ncccc21)Cc1ncccc1CN. The summed E-state index contributed by atoms with van der Waals surface area (Å²) >= 11 is 0. The van der Waals surface area contributed by atoms with Gasteiger partial charge in [-0.1, -0.05) is 39.0 Å². The maximum atomic E-state index is 13.2. The van der Waals surface area contributed by atoms with Crippen molar-refractivity contribution >= 4 is 29.2 Å². The van der Waals surface area contributed by atoms with Gasteiger partial charge in [-0.25, -0.2) is 4.98 Å². The Morgan fingerprint density at radius 1 is 1.08 bits per heavy atom. The maximum Gasteiger partial charge on any atom is 0.244 e. The third kappa shape index (κ3) is 4.65. The number of nitrogens with two attached hydrogens (primary N) is 1. The minimum absolute atomic E-state index is 0.0457. The zero-order chi connectivity index (χ0) is 27.1. The molecule has 38 heavy (non-hydrogen) atoms. The molecule has 9 nitrogen and oxygen atoms in total. The summed E-state index contributed by atoms with van der Waals surface area (Å²) in [7, 11) is 0. The zero-order valence-corrected chi connectivity index (χ0v) is 21.9. The third-order valence-electron chi connectivity index (χ3n) is 7.27. The first-order valence-electron chi connectivity index (χ1n) is 12.7. The van der Waals surface area contributed by atoms with Crippen LogP contribution in [0.3, 0.4) is 0 Å². The van der Waals surface area contributed by atoms with Crippen LogP contribution in [0, 0.1) is 5.41 Å². The average Bonchev–Trinajstić information content (AvgIpc) is 3.40. The summed E-state index contributed by atoms with van der Waals surface area (Å²) in [4.78, 5) is 49.6. The van der Waals surface area contributed by atoms with Gasteiger partial charge in [0.25, 0.3) is 0 Å². The number of anilines is 2. The van der Waals surface area contributed by atoms with Crippen molar-refractivity contribution in [1.82, 2.24) is 14.9 Å². The molecule has 1 unspecified atom stereocenters. The lowest BCUT2D eigenvalue weighted by atomic mass is 9.79. The van der Waals surface area contributed by atoms with Gasteiger partial charge in [-0.2, -0.15) is 0 Å². The van der Waals surface area contributed by atoms with E-state index in [4.69, 9.17) is 5.73 Å². The molecule has 0 fully saturated rings. The van der Waals surface area contributed by atoms with Gasteiger partial charge in [-0.05, 0) is 53.8 Å². The molecule has 3 amide bonds. The Morgan fingerprint density at radius 2 is 1.82 bits per heavy atom. The van der Waals surface area contributed by atoms with Crippen LogP contribution in [-0.4, -0.2) is 39.1 Å². The second-order valence-corrected chi connectivity index (χ2v) is 11.0. The van der Waals surface area contributed by atoms with Crippen LogP contribution in [0.15, 0.2) is 54.9 Å². The lowest BCUT2D eigenvalue weighted by molar-refractivity contribution is -0.142. The van der Waals surface area contributed by atoms with Gasteiger partial charge in [0.15, 0.2) is 0 Å². The molecule has 9 heteroatoms. The molecule has 2 aliphatic rings. The normalized spacial score (nSPS) is 17.6. The van der Waals surface area contributed by atoms with Crippen LogP contribution in [0.5, 0.6) is 0 Å². The fourth-order valence-corrected chi connectivity index (χ4v) is 5.37. The topological polar surface area (TPSA) is 130 Å². The Bertz CT molecular complexity index is 1430. The van der Waals surface area contributed by atoms with E-state index in [-0.39, 0.29) is 30.8 Å². The van der Waals surface area contributed by atoms with Crippen molar-refractivity contribution in [1.29, 1.82) is 0 Å². The summed E-state index contributed by atoms with van der Waals surface area (Å²) in [6, 6.07) is 13.2. The Labute approximate surface area is 221 Å². The predicted molar refractivity (Wildman–Crippen MR) is 144 cm³/mol. The monoisotopic (exact) mass is 512 g/mol. The molecule has 3 heterocycles. The standard InChI is InChI=1S/C29H32N6O3/c1-28(2,3)27(38)35(16-23-19(15-30)6-4-10-31-23)17-24(36)33-21-9-8-18-13-29(14-20(18)12-21)22-7-5-11-32-25(22)34-26(29)37/h4-12H,13-17,30H2,1-3H3,(H,33,36)(H,32,34,37). The molecule has 0 radical (unpaired) electrons. The molecule has 3 aromatic rings. The van der Waals surface area contributed by atoms with E-state index in [1.54, 1.807) is 18.5 Å². The van der Waals surface area contributed by atoms with Crippen LogP contribution in [0.25, 0.3) is 0 Å². The number of carbonyl (C=O) groups is 3. The molecule has 1 aromatic carbocycles. The quantitative estimate of drug-likeness (QED) is 0.466. The molecule has 0 bridgehead atoms. The van der Waals surface area contributed by atoms with Crippen molar-refractivity contribution in [3.63, 3.8) is 0 Å². The summed E-state index contributed by atoms with van der Waals surface area (Å²) in [6.45, 7) is 5.83. The van der Waals surface area contributed by atoms with E-state index in [2.05, 4.69) is 20.6 Å². The van der Waals surface area contributed by atoms with Crippen molar-refractivity contribution in [2.45, 2.75) is 52.1 Å². The summed E-state index contributed by atoms with van der Waals surface area (Å²) in [6.07, 6.45) is 4.45. The van der Waals surface area contributed by atoms with Crippen LogP contribution in [0.4, 0.5) is 11.5 Å². The van der Waals surface area contributed by atoms with Gasteiger partial charge >= 0.3 is 0 Å². The van der Waals surface area contributed by atoms with Gasteiger partial charge in [-0.3, -0.25) is 19.4 Å². The average molecular weight is 513 g/mol. The number of aromatic nitrogens is 2. The van der Waals surface area contributed by atoms with Crippen molar-refractivity contribution in [2.75, 3.05) is 17.2 Å². The highest BCUT2D eigenvalue weighted by Crippen LogP contribution is 2.46. The molecular formula is C29H32N6O3. The molecule has 196 valence electrons. The Kier molecular flexibility index (Phi) is 6.48. The molecule has 1 aliphatic heterocycles. The van der Waals surface area contributed by atoms with E-state index in [9.17, 15) is 14.4 Å². The molecule has 1 atom stereocenters. The molecule has 1 spiro atoms. The van der Waals surface area contributed by atoms with Gasteiger partial charge in [-0.15, -0.1) is 0 Å².